The molecule has 0 radical (unpaired) electrons. The quantitative estimate of drug-likeness (QED) is 0.703. The molecule has 0 bridgehead atoms. The molecular formula is C24H33N3O4. The van der Waals surface area contributed by atoms with Crippen molar-refractivity contribution in [3.05, 3.63) is 24.3 Å². The first-order chi connectivity index (χ1) is 14.3. The third kappa shape index (κ3) is 3.75. The summed E-state index contributed by atoms with van der Waals surface area (Å²) in [5.41, 5.74) is 0.721. The molecule has 2 atom stereocenters. The number of hydrogen-bond donors (Lipinski definition) is 1. The third-order valence-corrected chi connectivity index (χ3v) is 7.49. The van der Waals surface area contributed by atoms with Crippen LogP contribution < -0.4 is 10.2 Å². The lowest BCUT2D eigenvalue weighted by Gasteiger charge is -2.33. The van der Waals surface area contributed by atoms with E-state index in [2.05, 4.69) is 33.0 Å². The lowest BCUT2D eigenvalue weighted by molar-refractivity contribution is -0.143. The first-order valence-electron chi connectivity index (χ1n) is 10.9. The van der Waals surface area contributed by atoms with Crippen molar-refractivity contribution in [3.8, 4) is 0 Å². The van der Waals surface area contributed by atoms with Gasteiger partial charge in [0.2, 0.25) is 17.7 Å². The molecule has 2 fully saturated rings. The smallest absolute Gasteiger partial charge is 0.257 e. The first kappa shape index (κ1) is 23.0. The van der Waals surface area contributed by atoms with Crippen LogP contribution in [0.3, 0.4) is 0 Å². The van der Waals surface area contributed by atoms with Gasteiger partial charge in [-0.05, 0) is 48.4 Å². The summed E-state index contributed by atoms with van der Waals surface area (Å²) in [7, 11) is 0. The first-order valence-corrected chi connectivity index (χ1v) is 10.9. The number of nitrogens with one attached hydrogen (secondary N) is 1. The highest BCUT2D eigenvalue weighted by Crippen LogP contribution is 2.69. The van der Waals surface area contributed by atoms with Crippen molar-refractivity contribution in [2.75, 3.05) is 10.2 Å². The third-order valence-electron chi connectivity index (χ3n) is 7.49. The largest absolute Gasteiger partial charge is 0.327 e. The summed E-state index contributed by atoms with van der Waals surface area (Å²) in [6.07, 6.45) is 0.679. The predicted octanol–water partition coefficient (Wildman–Crippen LogP) is 3.59. The van der Waals surface area contributed by atoms with Crippen molar-refractivity contribution in [3.63, 3.8) is 0 Å². The van der Waals surface area contributed by atoms with Gasteiger partial charge in [-0.15, -0.1) is 0 Å². The van der Waals surface area contributed by atoms with E-state index < -0.39 is 6.04 Å². The van der Waals surface area contributed by atoms with Gasteiger partial charge in [-0.2, -0.15) is 0 Å². The molecule has 1 N–H and O–H groups in total. The zero-order valence-electron chi connectivity index (χ0n) is 19.5. The Morgan fingerprint density at radius 3 is 2.13 bits per heavy atom. The Balaban J connectivity index is 1.87. The molecule has 1 saturated carbocycles. The van der Waals surface area contributed by atoms with E-state index >= 15 is 0 Å². The molecule has 1 saturated heterocycles. The van der Waals surface area contributed by atoms with Gasteiger partial charge in [0, 0.05) is 24.6 Å². The zero-order chi connectivity index (χ0) is 23.3. The van der Waals surface area contributed by atoms with E-state index in [-0.39, 0.29) is 52.8 Å². The van der Waals surface area contributed by atoms with Crippen molar-refractivity contribution in [1.29, 1.82) is 0 Å². The number of nitrogens with zero attached hydrogens (tertiary/aromatic N) is 2. The van der Waals surface area contributed by atoms with Gasteiger partial charge in [0.15, 0.2) is 0 Å². The molecule has 7 heteroatoms. The van der Waals surface area contributed by atoms with Gasteiger partial charge in [-0.3, -0.25) is 19.2 Å². The Bertz CT molecular complexity index is 905. The van der Waals surface area contributed by atoms with Crippen LogP contribution in [0.25, 0.3) is 0 Å². The van der Waals surface area contributed by atoms with E-state index in [9.17, 15) is 19.2 Å². The molecule has 1 aromatic rings. The summed E-state index contributed by atoms with van der Waals surface area (Å²) in [5, 5.41) is 2.66. The minimum Gasteiger partial charge on any atom is -0.327 e. The van der Waals surface area contributed by atoms with Crippen molar-refractivity contribution < 1.29 is 19.2 Å². The number of carbonyl (C=O) groups excluding carboxylic acids is 4. The highest BCUT2D eigenvalue weighted by molar-refractivity contribution is 6.23. The molecule has 4 amide bonds. The molecule has 1 aromatic carbocycles. The second-order valence-electron chi connectivity index (χ2n) is 9.89. The van der Waals surface area contributed by atoms with Crippen molar-refractivity contribution >= 4 is 35.0 Å². The highest BCUT2D eigenvalue weighted by atomic mass is 16.2. The molecule has 2 unspecified atom stereocenters. The Kier molecular flexibility index (Phi) is 5.76. The summed E-state index contributed by atoms with van der Waals surface area (Å²) >= 11 is 0. The van der Waals surface area contributed by atoms with Crippen LogP contribution in [-0.4, -0.2) is 40.6 Å². The van der Waals surface area contributed by atoms with Crippen molar-refractivity contribution in [2.45, 2.75) is 73.4 Å². The molecule has 1 aliphatic carbocycles. The minimum atomic E-state index is -0.794. The SMILES string of the molecule is CCC(C)N(C(=O)C1C(C)(C)C1(C)C)C1CC(=O)N(c2ccc(NC(C)=O)cc2)C1=O. The monoisotopic (exact) mass is 427 g/mol. The van der Waals surface area contributed by atoms with Crippen LogP contribution in [0.2, 0.25) is 0 Å². The van der Waals surface area contributed by atoms with E-state index in [4.69, 9.17) is 0 Å². The van der Waals surface area contributed by atoms with Gasteiger partial charge in [-0.1, -0.05) is 34.6 Å². The Labute approximate surface area is 184 Å². The fourth-order valence-corrected chi connectivity index (χ4v) is 4.84. The van der Waals surface area contributed by atoms with E-state index in [1.165, 1.54) is 6.92 Å². The van der Waals surface area contributed by atoms with E-state index in [0.29, 0.717) is 17.8 Å². The average molecular weight is 428 g/mol. The van der Waals surface area contributed by atoms with Crippen molar-refractivity contribution in [1.82, 2.24) is 4.90 Å². The maximum atomic E-state index is 13.6. The lowest BCUT2D eigenvalue weighted by Crippen LogP contribution is -2.51. The van der Waals surface area contributed by atoms with Crippen LogP contribution in [0.15, 0.2) is 24.3 Å². The second-order valence-corrected chi connectivity index (χ2v) is 9.89. The van der Waals surface area contributed by atoms with Gasteiger partial charge in [0.25, 0.3) is 5.91 Å². The standard InChI is InChI=1S/C24H33N3O4/c1-8-14(2)26(22(31)20-23(4,5)24(20,6)7)18-13-19(29)27(21(18)30)17-11-9-16(10-12-17)25-15(3)28/h9-12,14,18,20H,8,13H2,1-7H3,(H,25,28). The highest BCUT2D eigenvalue weighted by Gasteiger charge is 2.69. The average Bonchev–Trinajstić information content (AvgIpc) is 2.91. The van der Waals surface area contributed by atoms with Crippen LogP contribution in [0.4, 0.5) is 11.4 Å². The molecule has 7 nitrogen and oxygen atoms in total. The minimum absolute atomic E-state index is 0.0179. The van der Waals surface area contributed by atoms with Gasteiger partial charge < -0.3 is 10.2 Å². The van der Waals surface area contributed by atoms with Crippen LogP contribution >= 0.6 is 0 Å². The number of hydrogen-bond acceptors (Lipinski definition) is 4. The fourth-order valence-electron chi connectivity index (χ4n) is 4.84. The molecule has 3 rings (SSSR count). The van der Waals surface area contributed by atoms with Crippen LogP contribution in [-0.2, 0) is 19.2 Å². The normalized spacial score (nSPS) is 22.9. The fraction of sp³-hybridized carbons (Fsp3) is 0.583. The van der Waals surface area contributed by atoms with Crippen molar-refractivity contribution in [2.24, 2.45) is 16.7 Å². The predicted molar refractivity (Wildman–Crippen MR) is 119 cm³/mol. The van der Waals surface area contributed by atoms with Crippen LogP contribution in [0.5, 0.6) is 0 Å². The summed E-state index contributed by atoms with van der Waals surface area (Å²) in [5.74, 6) is -1.11. The summed E-state index contributed by atoms with van der Waals surface area (Å²) in [6.45, 7) is 13.6. The van der Waals surface area contributed by atoms with Crippen LogP contribution in [0.1, 0.15) is 61.3 Å². The Hall–Kier alpha value is -2.70. The topological polar surface area (TPSA) is 86.8 Å². The number of anilines is 2. The molecule has 1 heterocycles. The summed E-state index contributed by atoms with van der Waals surface area (Å²) in [4.78, 5) is 53.8. The van der Waals surface area contributed by atoms with Gasteiger partial charge in [0.05, 0.1) is 12.1 Å². The van der Waals surface area contributed by atoms with E-state index in [1.54, 1.807) is 29.2 Å². The molecule has 0 aromatic heterocycles. The van der Waals surface area contributed by atoms with E-state index in [1.807, 2.05) is 13.8 Å². The number of rotatable bonds is 6. The summed E-state index contributed by atoms with van der Waals surface area (Å²) < 4.78 is 0. The lowest BCUT2D eigenvalue weighted by atomic mass is 10.0. The Morgan fingerprint density at radius 1 is 1.13 bits per heavy atom. The number of imide groups is 1. The molecule has 2 aliphatic rings. The molecule has 0 spiro atoms. The van der Waals surface area contributed by atoms with Crippen LogP contribution in [0, 0.1) is 16.7 Å². The number of benzene rings is 1. The van der Waals surface area contributed by atoms with Gasteiger partial charge in [0.1, 0.15) is 6.04 Å². The maximum Gasteiger partial charge on any atom is 0.257 e. The molecule has 1 aliphatic heterocycles. The number of amides is 4. The van der Waals surface area contributed by atoms with Gasteiger partial charge in [-0.25, -0.2) is 4.90 Å². The van der Waals surface area contributed by atoms with E-state index in [0.717, 1.165) is 4.90 Å². The second kappa shape index (κ2) is 7.77. The molecular weight excluding hydrogens is 394 g/mol. The summed E-state index contributed by atoms with van der Waals surface area (Å²) in [6, 6.07) is 5.62. The Morgan fingerprint density at radius 2 is 1.68 bits per heavy atom. The molecule has 31 heavy (non-hydrogen) atoms. The maximum absolute atomic E-state index is 13.6. The zero-order valence-corrected chi connectivity index (χ0v) is 19.5. The number of carbonyl (C=O) groups is 4. The van der Waals surface area contributed by atoms with Gasteiger partial charge >= 0.3 is 0 Å². The molecule has 168 valence electrons.